The van der Waals surface area contributed by atoms with Gasteiger partial charge in [-0.1, -0.05) is 58.7 Å². The average Bonchev–Trinajstić information content (AvgIpc) is 2.98. The Bertz CT molecular complexity index is 1440. The standard InChI is InChI=1S/C30H29BrClN5O4/c1-2-15-41-25-16-19(17-33)3-12-24(25)29(39)35-27(21-6-10-23(32)11-7-21)28(20-4-8-22(31)9-5-20)36-30(40)37-14-13-34-26(38)18-37/h3-12,16,27-28H,2,13-15,18H2,1H3,(H,34,38)(H,35,39)(H,36,40). The van der Waals surface area contributed by atoms with Gasteiger partial charge in [-0.3, -0.25) is 9.59 Å². The maximum Gasteiger partial charge on any atom is 0.318 e. The van der Waals surface area contributed by atoms with E-state index in [0.717, 1.165) is 16.5 Å². The van der Waals surface area contributed by atoms with Crippen LogP contribution < -0.4 is 20.7 Å². The molecular weight excluding hydrogens is 610 g/mol. The van der Waals surface area contributed by atoms with E-state index >= 15 is 0 Å². The number of halogens is 2. The Hall–Kier alpha value is -4.07. The number of nitrogens with one attached hydrogen (secondary N) is 3. The molecule has 4 amide bonds. The summed E-state index contributed by atoms with van der Waals surface area (Å²) >= 11 is 9.63. The number of carbonyl (C=O) groups excluding carboxylic acids is 3. The molecule has 0 radical (unpaired) electrons. The minimum Gasteiger partial charge on any atom is -0.493 e. The number of nitrogens with zero attached hydrogens (tertiary/aromatic N) is 2. The minimum absolute atomic E-state index is 0.0692. The van der Waals surface area contributed by atoms with E-state index in [1.165, 1.54) is 11.0 Å². The van der Waals surface area contributed by atoms with E-state index in [1.54, 1.807) is 36.4 Å². The number of urea groups is 1. The molecule has 3 N–H and O–H groups in total. The van der Waals surface area contributed by atoms with Crippen LogP contribution >= 0.6 is 27.5 Å². The summed E-state index contributed by atoms with van der Waals surface area (Å²) in [6, 6.07) is 19.2. The largest absolute Gasteiger partial charge is 0.493 e. The second-order valence-corrected chi connectivity index (χ2v) is 10.8. The predicted molar refractivity (Wildman–Crippen MR) is 159 cm³/mol. The third-order valence-corrected chi connectivity index (χ3v) is 7.28. The number of hydrogen-bond acceptors (Lipinski definition) is 5. The summed E-state index contributed by atoms with van der Waals surface area (Å²) in [7, 11) is 0. The lowest BCUT2D eigenvalue weighted by molar-refractivity contribution is -0.123. The normalized spacial score (nSPS) is 14.3. The van der Waals surface area contributed by atoms with E-state index in [1.807, 2.05) is 31.2 Å². The number of carbonyl (C=O) groups is 3. The number of hydrogen-bond donors (Lipinski definition) is 3. The topological polar surface area (TPSA) is 124 Å². The van der Waals surface area contributed by atoms with Gasteiger partial charge in [-0.2, -0.15) is 5.26 Å². The first-order chi connectivity index (χ1) is 19.8. The fraction of sp³-hybridized carbons (Fsp3) is 0.267. The summed E-state index contributed by atoms with van der Waals surface area (Å²) in [6.45, 7) is 2.96. The highest BCUT2D eigenvalue weighted by molar-refractivity contribution is 9.10. The van der Waals surface area contributed by atoms with Crippen molar-refractivity contribution in [3.05, 3.63) is 98.5 Å². The molecule has 1 heterocycles. The number of amides is 4. The highest BCUT2D eigenvalue weighted by atomic mass is 79.9. The third kappa shape index (κ3) is 7.78. The van der Waals surface area contributed by atoms with Crippen molar-refractivity contribution in [2.24, 2.45) is 0 Å². The Morgan fingerprint density at radius 3 is 2.37 bits per heavy atom. The maximum atomic E-state index is 13.8. The number of benzene rings is 3. The number of rotatable bonds is 9. The smallest absolute Gasteiger partial charge is 0.318 e. The third-order valence-electron chi connectivity index (χ3n) is 6.50. The molecule has 2 unspecified atom stereocenters. The van der Waals surface area contributed by atoms with Crippen molar-refractivity contribution < 1.29 is 19.1 Å². The lowest BCUT2D eigenvalue weighted by Crippen LogP contribution is -2.54. The van der Waals surface area contributed by atoms with E-state index < -0.39 is 24.0 Å². The summed E-state index contributed by atoms with van der Waals surface area (Å²) in [6.07, 6.45) is 0.720. The Morgan fingerprint density at radius 2 is 1.73 bits per heavy atom. The van der Waals surface area contributed by atoms with Gasteiger partial charge in [-0.25, -0.2) is 4.79 Å². The number of piperazine rings is 1. The molecule has 41 heavy (non-hydrogen) atoms. The van der Waals surface area contributed by atoms with Crippen molar-refractivity contribution in [1.82, 2.24) is 20.9 Å². The van der Waals surface area contributed by atoms with Crippen molar-refractivity contribution in [2.45, 2.75) is 25.4 Å². The van der Waals surface area contributed by atoms with Crippen LogP contribution in [0.5, 0.6) is 5.75 Å². The predicted octanol–water partition coefficient (Wildman–Crippen LogP) is 5.12. The van der Waals surface area contributed by atoms with Crippen LogP contribution in [-0.2, 0) is 4.79 Å². The summed E-state index contributed by atoms with van der Waals surface area (Å²) in [5.41, 5.74) is 2.04. The monoisotopic (exact) mass is 637 g/mol. The van der Waals surface area contributed by atoms with Crippen LogP contribution in [0.4, 0.5) is 4.79 Å². The molecular formula is C30H29BrClN5O4. The van der Waals surface area contributed by atoms with Gasteiger partial charge in [0.05, 0.1) is 35.9 Å². The number of ether oxygens (including phenoxy) is 1. The zero-order valence-electron chi connectivity index (χ0n) is 22.3. The van der Waals surface area contributed by atoms with Gasteiger partial charge in [0, 0.05) is 22.6 Å². The minimum atomic E-state index is -0.752. The van der Waals surface area contributed by atoms with Crippen LogP contribution in [0.25, 0.3) is 0 Å². The van der Waals surface area contributed by atoms with Crippen molar-refractivity contribution in [1.29, 1.82) is 5.26 Å². The lowest BCUT2D eigenvalue weighted by atomic mass is 9.92. The van der Waals surface area contributed by atoms with Gasteiger partial charge in [-0.05, 0) is 60.0 Å². The fourth-order valence-corrected chi connectivity index (χ4v) is 4.81. The molecule has 212 valence electrons. The first kappa shape index (κ1) is 29.9. The van der Waals surface area contributed by atoms with Gasteiger partial charge >= 0.3 is 6.03 Å². The van der Waals surface area contributed by atoms with Crippen LogP contribution in [0, 0.1) is 11.3 Å². The van der Waals surface area contributed by atoms with Crippen LogP contribution in [-0.4, -0.2) is 49.0 Å². The number of nitriles is 1. The van der Waals surface area contributed by atoms with E-state index in [2.05, 4.69) is 37.9 Å². The van der Waals surface area contributed by atoms with E-state index in [-0.39, 0.29) is 18.0 Å². The molecule has 1 aliphatic rings. The van der Waals surface area contributed by atoms with Gasteiger partial charge in [0.2, 0.25) is 5.91 Å². The molecule has 9 nitrogen and oxygen atoms in total. The molecule has 11 heteroatoms. The second kappa shape index (κ2) is 14.0. The molecule has 1 saturated heterocycles. The van der Waals surface area contributed by atoms with Gasteiger partial charge in [-0.15, -0.1) is 0 Å². The molecule has 4 rings (SSSR count). The van der Waals surface area contributed by atoms with Crippen LogP contribution in [0.1, 0.15) is 52.5 Å². The molecule has 3 aromatic carbocycles. The van der Waals surface area contributed by atoms with E-state index in [4.69, 9.17) is 16.3 Å². The second-order valence-electron chi connectivity index (χ2n) is 9.42. The molecule has 0 saturated carbocycles. The zero-order chi connectivity index (χ0) is 29.4. The molecule has 2 atom stereocenters. The van der Waals surface area contributed by atoms with Crippen molar-refractivity contribution in [2.75, 3.05) is 26.2 Å². The van der Waals surface area contributed by atoms with Gasteiger partial charge in [0.25, 0.3) is 5.91 Å². The average molecular weight is 639 g/mol. The molecule has 1 aliphatic heterocycles. The van der Waals surface area contributed by atoms with Crippen LogP contribution in [0.2, 0.25) is 5.02 Å². The SMILES string of the molecule is CCCOc1cc(C#N)ccc1C(=O)NC(c1ccc(Cl)cc1)C(NC(=O)N1CCNC(=O)C1)c1ccc(Br)cc1. The van der Waals surface area contributed by atoms with Crippen molar-refractivity contribution in [3.63, 3.8) is 0 Å². The zero-order valence-corrected chi connectivity index (χ0v) is 24.7. The maximum absolute atomic E-state index is 13.8. The lowest BCUT2D eigenvalue weighted by Gasteiger charge is -2.33. The summed E-state index contributed by atoms with van der Waals surface area (Å²) in [4.78, 5) is 40.6. The molecule has 0 bridgehead atoms. The summed E-state index contributed by atoms with van der Waals surface area (Å²) in [5.74, 6) is -0.398. The van der Waals surface area contributed by atoms with Crippen LogP contribution in [0.3, 0.4) is 0 Å². The van der Waals surface area contributed by atoms with Crippen molar-refractivity contribution >= 4 is 45.4 Å². The van der Waals surface area contributed by atoms with Crippen molar-refractivity contribution in [3.8, 4) is 11.8 Å². The molecule has 0 aliphatic carbocycles. The van der Waals surface area contributed by atoms with Crippen LogP contribution in [0.15, 0.2) is 71.2 Å². The van der Waals surface area contributed by atoms with Gasteiger partial charge in [0.1, 0.15) is 12.3 Å². The highest BCUT2D eigenvalue weighted by Crippen LogP contribution is 2.32. The summed E-state index contributed by atoms with van der Waals surface area (Å²) < 4.78 is 6.66. The quantitative estimate of drug-likeness (QED) is 0.300. The Balaban J connectivity index is 1.74. The Labute approximate surface area is 251 Å². The van der Waals surface area contributed by atoms with E-state index in [9.17, 15) is 19.6 Å². The Morgan fingerprint density at radius 1 is 1.07 bits per heavy atom. The fourth-order valence-electron chi connectivity index (χ4n) is 4.42. The molecule has 0 spiro atoms. The molecule has 0 aromatic heterocycles. The summed E-state index contributed by atoms with van der Waals surface area (Å²) in [5, 5.41) is 18.7. The molecule has 1 fully saturated rings. The first-order valence-corrected chi connectivity index (χ1v) is 14.3. The van der Waals surface area contributed by atoms with Gasteiger partial charge < -0.3 is 25.6 Å². The van der Waals surface area contributed by atoms with Gasteiger partial charge in [0.15, 0.2) is 0 Å². The molecule has 3 aromatic rings. The van der Waals surface area contributed by atoms with E-state index in [0.29, 0.717) is 41.6 Å². The highest BCUT2D eigenvalue weighted by Gasteiger charge is 2.32. The first-order valence-electron chi connectivity index (χ1n) is 13.1. The Kier molecular flexibility index (Phi) is 10.2.